The normalized spacial score (nSPS) is 10.4. The molecule has 5 heteroatoms. The summed E-state index contributed by atoms with van der Waals surface area (Å²) >= 11 is 0. The third-order valence-corrected chi connectivity index (χ3v) is 3.95. The molecule has 0 saturated carbocycles. The Bertz CT molecular complexity index is 836. The van der Waals surface area contributed by atoms with Crippen LogP contribution in [0.15, 0.2) is 48.5 Å². The summed E-state index contributed by atoms with van der Waals surface area (Å²) in [6.07, 6.45) is 4.21. The van der Waals surface area contributed by atoms with E-state index in [1.165, 1.54) is 6.08 Å². The van der Waals surface area contributed by atoms with E-state index in [1.807, 2.05) is 37.3 Å². The molecule has 0 unspecified atom stereocenters. The van der Waals surface area contributed by atoms with Crippen LogP contribution in [0.5, 0.6) is 11.5 Å². The van der Waals surface area contributed by atoms with Crippen molar-refractivity contribution < 1.29 is 14.3 Å². The number of nitrogens with zero attached hydrogens (tertiary/aromatic N) is 2. The lowest BCUT2D eigenvalue weighted by molar-refractivity contribution is -0.125. The third-order valence-electron chi connectivity index (χ3n) is 3.95. The zero-order valence-corrected chi connectivity index (χ0v) is 15.9. The van der Waals surface area contributed by atoms with E-state index in [0.717, 1.165) is 17.5 Å². The fourth-order valence-electron chi connectivity index (χ4n) is 2.45. The van der Waals surface area contributed by atoms with Crippen molar-refractivity contribution in [2.24, 2.45) is 0 Å². The zero-order chi connectivity index (χ0) is 19.6. The molecule has 0 radical (unpaired) electrons. The van der Waals surface area contributed by atoms with Gasteiger partial charge in [0.2, 0.25) is 5.91 Å². The second kappa shape index (κ2) is 10.0. The highest BCUT2D eigenvalue weighted by atomic mass is 16.5. The van der Waals surface area contributed by atoms with Crippen LogP contribution in [0.3, 0.4) is 0 Å². The van der Waals surface area contributed by atoms with Gasteiger partial charge in [-0.05, 0) is 47.9 Å². The van der Waals surface area contributed by atoms with Crippen LogP contribution in [-0.4, -0.2) is 31.6 Å². The lowest BCUT2D eigenvalue weighted by atomic mass is 10.1. The zero-order valence-electron chi connectivity index (χ0n) is 15.9. The molecule has 0 N–H and O–H groups in total. The van der Waals surface area contributed by atoms with Crippen molar-refractivity contribution in [3.8, 4) is 17.6 Å². The van der Waals surface area contributed by atoms with E-state index in [2.05, 4.69) is 6.07 Å². The number of benzene rings is 2. The Hall–Kier alpha value is -3.26. The van der Waals surface area contributed by atoms with Crippen LogP contribution in [-0.2, 0) is 11.3 Å². The number of carbonyl (C=O) groups is 1. The molecule has 0 heterocycles. The molecule has 0 spiro atoms. The van der Waals surface area contributed by atoms with Crippen LogP contribution in [0.25, 0.3) is 6.08 Å². The minimum Gasteiger partial charge on any atom is -0.493 e. The van der Waals surface area contributed by atoms with Crippen LogP contribution in [0.4, 0.5) is 0 Å². The van der Waals surface area contributed by atoms with Crippen molar-refractivity contribution in [2.45, 2.75) is 19.9 Å². The number of amides is 1. The van der Waals surface area contributed by atoms with Gasteiger partial charge in [0.25, 0.3) is 0 Å². The second-order valence-electron chi connectivity index (χ2n) is 6.10. The van der Waals surface area contributed by atoms with Gasteiger partial charge in [0, 0.05) is 19.7 Å². The number of hydrogen-bond donors (Lipinski definition) is 0. The second-order valence-corrected chi connectivity index (χ2v) is 6.10. The van der Waals surface area contributed by atoms with Gasteiger partial charge < -0.3 is 14.4 Å². The molecule has 0 aliphatic heterocycles. The summed E-state index contributed by atoms with van der Waals surface area (Å²) in [4.78, 5) is 14.0. The average Bonchev–Trinajstić information content (AvgIpc) is 2.71. The lowest BCUT2D eigenvalue weighted by Crippen LogP contribution is -2.24. The van der Waals surface area contributed by atoms with Crippen molar-refractivity contribution in [3.63, 3.8) is 0 Å². The van der Waals surface area contributed by atoms with Gasteiger partial charge in [-0.15, -0.1) is 0 Å². The van der Waals surface area contributed by atoms with Gasteiger partial charge >= 0.3 is 0 Å². The minimum absolute atomic E-state index is 0.107. The van der Waals surface area contributed by atoms with Crippen LogP contribution < -0.4 is 9.47 Å². The Labute approximate surface area is 160 Å². The lowest BCUT2D eigenvalue weighted by Gasteiger charge is -2.15. The highest BCUT2D eigenvalue weighted by Gasteiger charge is 2.07. The number of nitriles is 1. The number of methoxy groups -OCH3 is 1. The van der Waals surface area contributed by atoms with Crippen molar-refractivity contribution >= 4 is 12.0 Å². The van der Waals surface area contributed by atoms with E-state index < -0.39 is 0 Å². The first-order valence-electron chi connectivity index (χ1n) is 8.80. The molecule has 2 rings (SSSR count). The molecule has 0 aliphatic rings. The van der Waals surface area contributed by atoms with Crippen LogP contribution >= 0.6 is 0 Å². The Balaban J connectivity index is 2.01. The largest absolute Gasteiger partial charge is 0.493 e. The molecule has 5 nitrogen and oxygen atoms in total. The first-order chi connectivity index (χ1) is 13.1. The number of hydrogen-bond acceptors (Lipinski definition) is 4. The molecule has 27 heavy (non-hydrogen) atoms. The molecular weight excluding hydrogens is 340 g/mol. The topological polar surface area (TPSA) is 62.6 Å². The molecule has 1 amide bonds. The maximum atomic E-state index is 12.3. The molecule has 0 aliphatic carbocycles. The van der Waals surface area contributed by atoms with Gasteiger partial charge in [0.15, 0.2) is 11.5 Å². The maximum Gasteiger partial charge on any atom is 0.246 e. The number of likely N-dealkylation sites (N-methyl/N-ethyl adjacent to an activating group) is 1. The molecule has 2 aromatic carbocycles. The number of carbonyl (C=O) groups excluding carboxylic acids is 1. The minimum atomic E-state index is -0.107. The van der Waals surface area contributed by atoms with Crippen molar-refractivity contribution in [1.82, 2.24) is 4.90 Å². The first-order valence-corrected chi connectivity index (χ1v) is 8.80. The molecule has 0 bridgehead atoms. The summed E-state index contributed by atoms with van der Waals surface area (Å²) < 4.78 is 11.0. The summed E-state index contributed by atoms with van der Waals surface area (Å²) in [5.41, 5.74) is 2.43. The van der Waals surface area contributed by atoms with E-state index in [4.69, 9.17) is 14.7 Å². The fourth-order valence-corrected chi connectivity index (χ4v) is 2.45. The first kappa shape index (κ1) is 20.1. The van der Waals surface area contributed by atoms with E-state index >= 15 is 0 Å². The molecule has 0 atom stereocenters. The molecule has 0 saturated heterocycles. The van der Waals surface area contributed by atoms with E-state index in [0.29, 0.717) is 30.2 Å². The smallest absolute Gasteiger partial charge is 0.246 e. The number of rotatable bonds is 8. The van der Waals surface area contributed by atoms with E-state index in [-0.39, 0.29) is 5.91 Å². The Kier molecular flexibility index (Phi) is 7.45. The van der Waals surface area contributed by atoms with Crippen LogP contribution in [0, 0.1) is 11.3 Å². The van der Waals surface area contributed by atoms with Gasteiger partial charge in [-0.1, -0.05) is 25.1 Å². The molecule has 0 fully saturated rings. The molecular formula is C22H24N2O3. The van der Waals surface area contributed by atoms with Crippen molar-refractivity contribution in [3.05, 3.63) is 65.2 Å². The van der Waals surface area contributed by atoms with Gasteiger partial charge in [0.1, 0.15) is 0 Å². The van der Waals surface area contributed by atoms with Gasteiger partial charge in [-0.3, -0.25) is 4.79 Å². The highest BCUT2D eigenvalue weighted by molar-refractivity contribution is 5.91. The fraction of sp³-hybridized carbons (Fsp3) is 0.273. The average molecular weight is 364 g/mol. The Morgan fingerprint density at radius 3 is 2.56 bits per heavy atom. The van der Waals surface area contributed by atoms with Crippen LogP contribution in [0.1, 0.15) is 30.0 Å². The molecule has 140 valence electrons. The molecule has 0 aromatic heterocycles. The van der Waals surface area contributed by atoms with E-state index in [9.17, 15) is 4.79 Å². The van der Waals surface area contributed by atoms with Crippen molar-refractivity contribution in [1.29, 1.82) is 5.26 Å². The van der Waals surface area contributed by atoms with Crippen LogP contribution in [0.2, 0.25) is 0 Å². The SMILES string of the molecule is CCCOc1ccc(/C=C/C(=O)N(C)Cc2ccc(C#N)cc2)cc1OC. The Morgan fingerprint density at radius 1 is 1.19 bits per heavy atom. The quantitative estimate of drug-likeness (QED) is 0.664. The van der Waals surface area contributed by atoms with Gasteiger partial charge in [0.05, 0.1) is 25.3 Å². The standard InChI is InChI=1S/C22H24N2O3/c1-4-13-27-20-11-9-17(14-21(20)26-3)10-12-22(25)24(2)16-19-7-5-18(15-23)6-8-19/h5-12,14H,4,13,16H2,1-3H3/b12-10+. The van der Waals surface area contributed by atoms with Crippen molar-refractivity contribution in [2.75, 3.05) is 20.8 Å². The summed E-state index contributed by atoms with van der Waals surface area (Å²) in [7, 11) is 3.34. The van der Waals surface area contributed by atoms with E-state index in [1.54, 1.807) is 37.3 Å². The summed E-state index contributed by atoms with van der Waals surface area (Å²) in [5, 5.41) is 8.83. The monoisotopic (exact) mass is 364 g/mol. The Morgan fingerprint density at radius 2 is 1.93 bits per heavy atom. The molecule has 2 aromatic rings. The maximum absolute atomic E-state index is 12.3. The summed E-state index contributed by atoms with van der Waals surface area (Å²) in [6, 6.07) is 14.9. The summed E-state index contributed by atoms with van der Waals surface area (Å²) in [6.45, 7) is 3.15. The predicted molar refractivity (Wildman–Crippen MR) is 105 cm³/mol. The van der Waals surface area contributed by atoms with Gasteiger partial charge in [-0.2, -0.15) is 5.26 Å². The third kappa shape index (κ3) is 5.89. The number of ether oxygens (including phenoxy) is 2. The predicted octanol–water partition coefficient (Wildman–Crippen LogP) is 4.03. The summed E-state index contributed by atoms with van der Waals surface area (Å²) in [5.74, 6) is 1.23. The van der Waals surface area contributed by atoms with Gasteiger partial charge in [-0.25, -0.2) is 0 Å². The highest BCUT2D eigenvalue weighted by Crippen LogP contribution is 2.28.